The van der Waals surface area contributed by atoms with E-state index in [2.05, 4.69) is 10.1 Å². The number of hydrogen-bond acceptors (Lipinski definition) is 4. The molecule has 0 aromatic heterocycles. The molecule has 0 bridgehead atoms. The molecule has 6 nitrogen and oxygen atoms in total. The first kappa shape index (κ1) is 20.7. The lowest BCUT2D eigenvalue weighted by Crippen LogP contribution is -2.44. The summed E-state index contributed by atoms with van der Waals surface area (Å²) in [6.45, 7) is 5.75. The van der Waals surface area contributed by atoms with E-state index in [0.29, 0.717) is 12.1 Å². The number of alkyl halides is 3. The van der Waals surface area contributed by atoms with Gasteiger partial charge in [0.2, 0.25) is 11.7 Å². The maximum absolute atomic E-state index is 12.5. The lowest BCUT2D eigenvalue weighted by Gasteiger charge is -2.19. The van der Waals surface area contributed by atoms with E-state index in [1.165, 1.54) is 17.0 Å². The predicted octanol–water partition coefficient (Wildman–Crippen LogP) is 2.81. The molecule has 1 atom stereocenters. The van der Waals surface area contributed by atoms with Crippen LogP contribution in [-0.4, -0.2) is 36.5 Å². The highest BCUT2D eigenvalue weighted by Crippen LogP contribution is 2.27. The number of ketones is 1. The van der Waals surface area contributed by atoms with Gasteiger partial charge in [0.05, 0.1) is 0 Å². The first-order valence-corrected chi connectivity index (χ1v) is 8.37. The second kappa shape index (κ2) is 7.58. The van der Waals surface area contributed by atoms with Gasteiger partial charge in [0.1, 0.15) is 11.8 Å². The molecule has 2 amide bonds. The van der Waals surface area contributed by atoms with E-state index < -0.39 is 35.8 Å². The predicted molar refractivity (Wildman–Crippen MR) is 91.1 cm³/mol. The molecule has 0 aliphatic carbocycles. The van der Waals surface area contributed by atoms with Gasteiger partial charge in [-0.2, -0.15) is 0 Å². The van der Waals surface area contributed by atoms with Crippen molar-refractivity contribution in [1.29, 1.82) is 0 Å². The van der Waals surface area contributed by atoms with E-state index in [9.17, 15) is 27.6 Å². The second-order valence-corrected chi connectivity index (χ2v) is 7.51. The van der Waals surface area contributed by atoms with Gasteiger partial charge in [0.25, 0.3) is 5.91 Å². The normalized spacial score (nSPS) is 17.8. The number of hydrogen-bond donors (Lipinski definition) is 1. The molecule has 9 heteroatoms. The molecule has 1 heterocycles. The van der Waals surface area contributed by atoms with Gasteiger partial charge in [0.15, 0.2) is 0 Å². The summed E-state index contributed by atoms with van der Waals surface area (Å²) in [6, 6.07) is 4.03. The molecule has 148 valence electrons. The fourth-order valence-corrected chi connectivity index (χ4v) is 2.70. The Morgan fingerprint density at radius 3 is 2.30 bits per heavy atom. The van der Waals surface area contributed by atoms with Crippen LogP contribution in [-0.2, 0) is 14.4 Å². The minimum atomic E-state index is -4.79. The Kier molecular flexibility index (Phi) is 5.82. The molecule has 1 fully saturated rings. The highest BCUT2D eigenvalue weighted by Gasteiger charge is 2.35. The smallest absolute Gasteiger partial charge is 0.406 e. The fourth-order valence-electron chi connectivity index (χ4n) is 2.70. The zero-order chi connectivity index (χ0) is 20.4. The fraction of sp³-hybridized carbons (Fsp3) is 0.500. The Hall–Kier alpha value is -2.58. The van der Waals surface area contributed by atoms with Crippen LogP contribution in [0, 0.1) is 5.41 Å². The summed E-state index contributed by atoms with van der Waals surface area (Å²) < 4.78 is 40.4. The number of carbonyl (C=O) groups is 3. The quantitative estimate of drug-likeness (QED) is 0.790. The number of rotatable bonds is 5. The first-order chi connectivity index (χ1) is 12.4. The monoisotopic (exact) mass is 386 g/mol. The van der Waals surface area contributed by atoms with Crippen molar-refractivity contribution in [3.05, 3.63) is 24.3 Å². The third-order valence-electron chi connectivity index (χ3n) is 3.84. The van der Waals surface area contributed by atoms with Crippen LogP contribution in [0.2, 0.25) is 0 Å². The van der Waals surface area contributed by atoms with Crippen LogP contribution in [0.3, 0.4) is 0 Å². The molecule has 1 unspecified atom stereocenters. The molecular formula is C18H21F3N2O4. The van der Waals surface area contributed by atoms with Crippen LogP contribution in [0.15, 0.2) is 24.3 Å². The maximum Gasteiger partial charge on any atom is 0.573 e. The van der Waals surface area contributed by atoms with Crippen molar-refractivity contribution in [1.82, 2.24) is 5.32 Å². The Morgan fingerprint density at radius 1 is 1.19 bits per heavy atom. The maximum atomic E-state index is 12.5. The van der Waals surface area contributed by atoms with Crippen molar-refractivity contribution in [3.8, 4) is 5.75 Å². The third-order valence-corrected chi connectivity index (χ3v) is 3.84. The molecule has 1 aliphatic heterocycles. The molecular weight excluding hydrogens is 365 g/mol. The molecule has 1 aromatic rings. The first-order valence-electron chi connectivity index (χ1n) is 8.37. The van der Waals surface area contributed by atoms with Crippen LogP contribution in [0.4, 0.5) is 18.9 Å². The Bertz CT molecular complexity index is 724. The van der Waals surface area contributed by atoms with Gasteiger partial charge in [-0.3, -0.25) is 14.4 Å². The standard InChI is InChI=1S/C18H21F3N2O4/c1-17(2,3)10-14(24)15(25)22-13-8-9-23(16(13)26)11-4-6-12(7-5-11)27-18(19,20)21/h4-7,13H,8-10H2,1-3H3,(H,22,25). The highest BCUT2D eigenvalue weighted by molar-refractivity contribution is 6.36. The number of benzene rings is 1. The summed E-state index contributed by atoms with van der Waals surface area (Å²) in [5, 5.41) is 2.44. The van der Waals surface area contributed by atoms with Crippen LogP contribution in [0.25, 0.3) is 0 Å². The SMILES string of the molecule is CC(C)(C)CC(=O)C(=O)NC1CCN(c2ccc(OC(F)(F)F)cc2)C1=O. The molecule has 1 aliphatic rings. The molecule has 0 spiro atoms. The van der Waals surface area contributed by atoms with E-state index in [-0.39, 0.29) is 18.4 Å². The number of ether oxygens (including phenoxy) is 1. The number of nitrogens with zero attached hydrogens (tertiary/aromatic N) is 1. The largest absolute Gasteiger partial charge is 0.573 e. The summed E-state index contributed by atoms with van der Waals surface area (Å²) in [5.74, 6) is -2.21. The Balaban J connectivity index is 1.98. The van der Waals surface area contributed by atoms with E-state index in [1.54, 1.807) is 0 Å². The van der Waals surface area contributed by atoms with E-state index in [1.807, 2.05) is 20.8 Å². The average molecular weight is 386 g/mol. The van der Waals surface area contributed by atoms with Crippen LogP contribution >= 0.6 is 0 Å². The van der Waals surface area contributed by atoms with Crippen molar-refractivity contribution in [2.24, 2.45) is 5.41 Å². The summed E-state index contributed by atoms with van der Waals surface area (Å²) >= 11 is 0. The van der Waals surface area contributed by atoms with Crippen molar-refractivity contribution in [2.45, 2.75) is 46.0 Å². The highest BCUT2D eigenvalue weighted by atomic mass is 19.4. The molecule has 0 saturated carbocycles. The van der Waals surface area contributed by atoms with Gasteiger partial charge in [-0.1, -0.05) is 20.8 Å². The molecule has 0 radical (unpaired) electrons. The zero-order valence-electron chi connectivity index (χ0n) is 15.2. The Morgan fingerprint density at radius 2 is 1.78 bits per heavy atom. The van der Waals surface area contributed by atoms with Crippen molar-refractivity contribution in [2.75, 3.05) is 11.4 Å². The van der Waals surface area contributed by atoms with E-state index >= 15 is 0 Å². The topological polar surface area (TPSA) is 75.7 Å². The van der Waals surface area contributed by atoms with Gasteiger partial charge in [-0.25, -0.2) is 0 Å². The van der Waals surface area contributed by atoms with E-state index in [4.69, 9.17) is 0 Å². The number of nitrogens with one attached hydrogen (secondary N) is 1. The van der Waals surface area contributed by atoms with Gasteiger partial charge >= 0.3 is 6.36 Å². The summed E-state index contributed by atoms with van der Waals surface area (Å²) in [5.41, 5.74) is 0.0349. The second-order valence-electron chi connectivity index (χ2n) is 7.51. The van der Waals surface area contributed by atoms with Gasteiger partial charge in [0, 0.05) is 18.7 Å². The Labute approximate surface area is 154 Å². The number of anilines is 1. The van der Waals surface area contributed by atoms with Crippen LogP contribution < -0.4 is 15.0 Å². The molecule has 1 N–H and O–H groups in total. The molecule has 2 rings (SSSR count). The van der Waals surface area contributed by atoms with Crippen molar-refractivity contribution >= 4 is 23.3 Å². The summed E-state index contributed by atoms with van der Waals surface area (Å²) in [7, 11) is 0. The molecule has 1 saturated heterocycles. The average Bonchev–Trinajstić information content (AvgIpc) is 2.86. The third kappa shape index (κ3) is 5.97. The van der Waals surface area contributed by atoms with Crippen LogP contribution in [0.1, 0.15) is 33.6 Å². The summed E-state index contributed by atoms with van der Waals surface area (Å²) in [6.07, 6.45) is -4.43. The number of halogens is 3. The lowest BCUT2D eigenvalue weighted by molar-refractivity contribution is -0.274. The van der Waals surface area contributed by atoms with Gasteiger partial charge in [-0.15, -0.1) is 13.2 Å². The molecule has 1 aromatic carbocycles. The van der Waals surface area contributed by atoms with E-state index in [0.717, 1.165) is 12.1 Å². The zero-order valence-corrected chi connectivity index (χ0v) is 15.2. The lowest BCUT2D eigenvalue weighted by atomic mass is 9.90. The van der Waals surface area contributed by atoms with Gasteiger partial charge in [-0.05, 0) is 36.1 Å². The number of carbonyl (C=O) groups excluding carboxylic acids is 3. The number of Topliss-reactive ketones (excluding diaryl/α,β-unsaturated/α-hetero) is 1. The minimum Gasteiger partial charge on any atom is -0.406 e. The molecule has 27 heavy (non-hydrogen) atoms. The van der Waals surface area contributed by atoms with Gasteiger partial charge < -0.3 is 15.0 Å². The number of amides is 2. The van der Waals surface area contributed by atoms with Crippen molar-refractivity contribution < 1.29 is 32.3 Å². The summed E-state index contributed by atoms with van der Waals surface area (Å²) in [4.78, 5) is 37.7. The van der Waals surface area contributed by atoms with Crippen LogP contribution in [0.5, 0.6) is 5.75 Å². The minimum absolute atomic E-state index is 0.0596. The van der Waals surface area contributed by atoms with Crippen molar-refractivity contribution in [3.63, 3.8) is 0 Å².